The Hall–Kier alpha value is -5.36. The first kappa shape index (κ1) is 46.7. The van der Waals surface area contributed by atoms with Crippen LogP contribution in [0.2, 0.25) is 0 Å². The van der Waals surface area contributed by atoms with E-state index >= 15 is 0 Å². The number of esters is 4. The first-order valence-electron chi connectivity index (χ1n) is 18.0. The van der Waals surface area contributed by atoms with Crippen molar-refractivity contribution < 1.29 is 97.3 Å². The number of carbonyl (C=O) groups is 4. The zero-order valence-corrected chi connectivity index (χ0v) is 33.0. The molecule has 3 aromatic rings. The summed E-state index contributed by atoms with van der Waals surface area (Å²) in [5.74, 6) is -5.44. The second-order valence-electron chi connectivity index (χ2n) is 13.6. The maximum absolute atomic E-state index is 13.8. The molecule has 0 spiro atoms. The van der Waals surface area contributed by atoms with E-state index in [0.717, 1.165) is 33.8 Å². The van der Waals surface area contributed by atoms with Crippen LogP contribution < -0.4 is 14.2 Å². The van der Waals surface area contributed by atoms with Crippen molar-refractivity contribution >= 4 is 35.2 Å². The van der Waals surface area contributed by atoms with Gasteiger partial charge in [0.15, 0.2) is 23.7 Å². The zero-order valence-electron chi connectivity index (χ0n) is 32.2. The lowest BCUT2D eigenvalue weighted by Crippen LogP contribution is -2.63. The Labute approximate surface area is 344 Å². The van der Waals surface area contributed by atoms with Crippen LogP contribution in [0.3, 0.4) is 0 Å². The molecule has 1 aliphatic heterocycles. The van der Waals surface area contributed by atoms with Gasteiger partial charge in [0.1, 0.15) is 17.7 Å². The van der Waals surface area contributed by atoms with Crippen molar-refractivity contribution in [2.45, 2.75) is 114 Å². The predicted molar refractivity (Wildman–Crippen MR) is 187 cm³/mol. The number of rotatable bonds is 16. The van der Waals surface area contributed by atoms with Gasteiger partial charge < -0.3 is 43.0 Å². The maximum Gasteiger partial charge on any atom is 0.433 e. The van der Waals surface area contributed by atoms with Crippen molar-refractivity contribution in [1.29, 1.82) is 0 Å². The minimum absolute atomic E-state index is 0.0867. The molecule has 1 saturated carbocycles. The first-order valence-corrected chi connectivity index (χ1v) is 18.8. The van der Waals surface area contributed by atoms with Gasteiger partial charge in [-0.25, -0.2) is 9.97 Å². The van der Waals surface area contributed by atoms with Gasteiger partial charge in [0.25, 0.3) is 0 Å². The number of hydrogen-bond donors (Lipinski definition) is 1. The molecular weight excluding hydrogens is 864 g/mol. The Morgan fingerprint density at radius 1 is 0.803 bits per heavy atom. The topological polar surface area (TPSA) is 188 Å². The molecule has 1 aliphatic carbocycles. The summed E-state index contributed by atoms with van der Waals surface area (Å²) in [4.78, 5) is 55.4. The normalized spacial score (nSPS) is 21.2. The Morgan fingerprint density at radius 2 is 1.43 bits per heavy atom. The molecule has 1 unspecified atom stereocenters. The van der Waals surface area contributed by atoms with E-state index in [1.807, 2.05) is 0 Å². The van der Waals surface area contributed by atoms with E-state index in [1.54, 1.807) is 0 Å². The third-order valence-electron chi connectivity index (χ3n) is 8.82. The second kappa shape index (κ2) is 18.7. The highest BCUT2D eigenvalue weighted by Gasteiger charge is 2.73. The van der Waals surface area contributed by atoms with Crippen LogP contribution in [0.5, 0.6) is 17.4 Å². The number of thiazole rings is 1. The molecule has 1 saturated heterocycles. The third-order valence-corrected chi connectivity index (χ3v) is 10.0. The number of aromatic nitrogens is 2. The van der Waals surface area contributed by atoms with Crippen LogP contribution in [0.25, 0.3) is 0 Å². The first-order chi connectivity index (χ1) is 28.5. The number of ether oxygens (including phenoxy) is 8. The highest BCUT2D eigenvalue weighted by atomic mass is 32.1. The highest BCUT2D eigenvalue weighted by molar-refractivity contribution is 7.11. The van der Waals surface area contributed by atoms with Gasteiger partial charge in [0.2, 0.25) is 18.3 Å². The van der Waals surface area contributed by atoms with E-state index in [4.69, 9.17) is 33.2 Å². The number of carbonyl (C=O) groups excluding carboxylic acids is 4. The molecule has 0 amide bonds. The lowest BCUT2D eigenvalue weighted by Gasteiger charge is -2.43. The molecule has 5 rings (SSSR count). The average molecular weight is 901 g/mol. The van der Waals surface area contributed by atoms with Crippen molar-refractivity contribution in [3.8, 4) is 17.4 Å². The molecule has 0 radical (unpaired) electrons. The van der Waals surface area contributed by atoms with Crippen molar-refractivity contribution in [1.82, 2.24) is 9.97 Å². The van der Waals surface area contributed by atoms with Gasteiger partial charge >= 0.3 is 48.4 Å². The van der Waals surface area contributed by atoms with Crippen LogP contribution in [0, 0.1) is 0 Å². The smallest absolute Gasteiger partial charge is 0.433 e. The van der Waals surface area contributed by atoms with Gasteiger partial charge in [-0.1, -0.05) is 12.1 Å². The van der Waals surface area contributed by atoms with Gasteiger partial charge in [0, 0.05) is 57.0 Å². The van der Waals surface area contributed by atoms with E-state index in [0.29, 0.717) is 19.0 Å². The van der Waals surface area contributed by atoms with Crippen molar-refractivity contribution in [3.63, 3.8) is 0 Å². The van der Waals surface area contributed by atoms with Gasteiger partial charge in [-0.3, -0.25) is 19.2 Å². The van der Waals surface area contributed by atoms with Gasteiger partial charge in [-0.05, 0) is 42.5 Å². The van der Waals surface area contributed by atoms with Crippen molar-refractivity contribution in [2.75, 3.05) is 6.61 Å². The molecule has 2 aromatic heterocycles. The zero-order chi connectivity index (χ0) is 45.0. The molecule has 1 aromatic carbocycles. The number of aliphatic hydroxyl groups is 1. The van der Waals surface area contributed by atoms with Gasteiger partial charge in [-0.15, -0.1) is 11.3 Å². The Bertz CT molecular complexity index is 2030. The molecule has 15 nitrogen and oxygen atoms in total. The fourth-order valence-electron chi connectivity index (χ4n) is 6.03. The second-order valence-corrected chi connectivity index (χ2v) is 14.7. The summed E-state index contributed by atoms with van der Waals surface area (Å²) in [7, 11) is 0. The standard InChI is InChI=1S/C37H36F8N2O13S/c1-16(48)53-15-26-29(54-17(2)49)30(55-18(3)50)31(56-19(4)51)32(58-26)60-28-10-5-20(13-46-28)11-23(21-6-9-24(59-34(38)39)25(12-21)57-22-7-8-22)27-14-47-33(61-27)35(52,36(40,41)42)37(43,44)45/h5-6,9-10,12-14,22-23,26,29-32,34,52H,7-8,11,15H2,1-4H3/t23?,26-,29-,30+,31-,32+/m1/s1. The van der Waals surface area contributed by atoms with Crippen LogP contribution in [0.1, 0.15) is 67.5 Å². The summed E-state index contributed by atoms with van der Waals surface area (Å²) in [6, 6.07) is 6.20. The highest BCUT2D eigenvalue weighted by Crippen LogP contribution is 2.52. The Morgan fingerprint density at radius 3 is 1.97 bits per heavy atom. The fraction of sp³-hybridized carbons (Fsp3) is 0.514. The van der Waals surface area contributed by atoms with Crippen molar-refractivity contribution in [2.24, 2.45) is 0 Å². The molecule has 24 heteroatoms. The lowest BCUT2D eigenvalue weighted by molar-refractivity contribution is -0.376. The van der Waals surface area contributed by atoms with E-state index in [-0.39, 0.29) is 57.2 Å². The quantitative estimate of drug-likeness (QED) is 0.103. The molecule has 2 fully saturated rings. The number of hydrogen-bond acceptors (Lipinski definition) is 16. The minimum Gasteiger partial charge on any atom is -0.487 e. The molecule has 0 bridgehead atoms. The lowest BCUT2D eigenvalue weighted by atomic mass is 9.91. The monoisotopic (exact) mass is 900 g/mol. The Balaban J connectivity index is 1.51. The van der Waals surface area contributed by atoms with Crippen LogP contribution in [-0.4, -0.2) is 101 Å². The van der Waals surface area contributed by atoms with Gasteiger partial charge in [-0.2, -0.15) is 35.1 Å². The number of halogens is 8. The molecule has 334 valence electrons. The van der Waals surface area contributed by atoms with E-state index < -0.39 is 96.7 Å². The van der Waals surface area contributed by atoms with E-state index in [1.165, 1.54) is 30.5 Å². The van der Waals surface area contributed by atoms with E-state index in [2.05, 4.69) is 14.7 Å². The number of nitrogens with zero attached hydrogens (tertiary/aromatic N) is 2. The van der Waals surface area contributed by atoms with Crippen LogP contribution in [-0.2, 0) is 54.9 Å². The average Bonchev–Trinajstić information content (AvgIpc) is 3.83. The summed E-state index contributed by atoms with van der Waals surface area (Å²) < 4.78 is 153. The summed E-state index contributed by atoms with van der Waals surface area (Å²) in [6.07, 6.45) is -17.7. The fourth-order valence-corrected chi connectivity index (χ4v) is 7.21. The molecule has 61 heavy (non-hydrogen) atoms. The number of alkyl halides is 8. The molecule has 6 atom stereocenters. The van der Waals surface area contributed by atoms with Crippen molar-refractivity contribution in [3.05, 3.63) is 63.7 Å². The van der Waals surface area contributed by atoms with Crippen LogP contribution in [0.4, 0.5) is 35.1 Å². The Kier molecular flexibility index (Phi) is 14.3. The van der Waals surface area contributed by atoms with Crippen LogP contribution in [0.15, 0.2) is 42.7 Å². The maximum atomic E-state index is 13.8. The van der Waals surface area contributed by atoms with E-state index in [9.17, 15) is 59.4 Å². The molecular formula is C37H36F8N2O13S. The van der Waals surface area contributed by atoms with Gasteiger partial charge in [0.05, 0.1) is 6.10 Å². The number of pyridine rings is 1. The SMILES string of the molecule is CC(=O)OC[C@H]1O[C@@H](Oc2ccc(CC(c3ccc(OC(F)F)c(OC4CC4)c3)c3cnc(C(O)(C(F)(F)F)C(F)(F)F)s3)cn2)[C@H](OC(C)=O)[C@@H](OC(C)=O)[C@@H]1OC(C)=O. The molecule has 2 aliphatic rings. The summed E-state index contributed by atoms with van der Waals surface area (Å²) in [5.41, 5.74) is -4.93. The minimum atomic E-state index is -6.23. The predicted octanol–water partition coefficient (Wildman–Crippen LogP) is 5.83. The molecule has 3 heterocycles. The summed E-state index contributed by atoms with van der Waals surface area (Å²) in [5, 5.41) is 8.33. The summed E-state index contributed by atoms with van der Waals surface area (Å²) >= 11 is -0.0867. The number of benzene rings is 1. The van der Waals surface area contributed by atoms with Crippen LogP contribution >= 0.6 is 11.3 Å². The largest absolute Gasteiger partial charge is 0.487 e. The third kappa shape index (κ3) is 11.5. The summed E-state index contributed by atoms with van der Waals surface area (Å²) in [6.45, 7) is 0.307. The molecule has 1 N–H and O–H groups in total.